The van der Waals surface area contributed by atoms with Gasteiger partial charge in [-0.15, -0.1) is 0 Å². The number of sulfonamides is 1. The summed E-state index contributed by atoms with van der Waals surface area (Å²) in [7, 11) is -3.18. The number of aromatic nitrogens is 4. The minimum absolute atomic E-state index is 0.216. The minimum Gasteiger partial charge on any atom is -0.356 e. The summed E-state index contributed by atoms with van der Waals surface area (Å²) < 4.78 is 51.7. The smallest absolute Gasteiger partial charge is 0.208 e. The number of rotatable bonds is 6. The Kier molecular flexibility index (Phi) is 8.33. The molecule has 6 rings (SSSR count). The molecule has 10 nitrogen and oxygen atoms in total. The van der Waals surface area contributed by atoms with Gasteiger partial charge in [0.2, 0.25) is 10.0 Å². The van der Waals surface area contributed by atoms with Gasteiger partial charge in [-0.25, -0.2) is 41.9 Å². The minimum atomic E-state index is -3.18. The molecule has 0 saturated carbocycles. The third-order valence-electron chi connectivity index (χ3n) is 7.29. The van der Waals surface area contributed by atoms with Gasteiger partial charge in [0.1, 0.15) is 35.9 Å². The van der Waals surface area contributed by atoms with Crippen LogP contribution in [0.3, 0.4) is 0 Å². The van der Waals surface area contributed by atoms with Crippen molar-refractivity contribution in [3.05, 3.63) is 60.7 Å². The molecule has 2 aliphatic rings. The van der Waals surface area contributed by atoms with Crippen LogP contribution in [0.2, 0.25) is 0 Å². The van der Waals surface area contributed by atoms with Crippen molar-refractivity contribution in [3.8, 4) is 0 Å². The molecule has 4 aromatic rings. The number of fused-ring (bicyclic) bond motifs is 2. The van der Waals surface area contributed by atoms with Gasteiger partial charge >= 0.3 is 0 Å². The molecule has 2 aliphatic heterocycles. The SMILES string of the molecule is CS(=O)(=O)NCC1CCN(c2ncnc3ccc(F)cc23)C1.NCC1CCN(c2ncnc3ccc(F)cc23)C1. The van der Waals surface area contributed by atoms with Crippen LogP contribution in [0.5, 0.6) is 0 Å². The van der Waals surface area contributed by atoms with E-state index in [0.29, 0.717) is 42.3 Å². The van der Waals surface area contributed by atoms with Gasteiger partial charge in [0.15, 0.2) is 0 Å². The van der Waals surface area contributed by atoms with Crippen molar-refractivity contribution in [1.82, 2.24) is 24.7 Å². The zero-order valence-electron chi connectivity index (χ0n) is 22.2. The van der Waals surface area contributed by atoms with Gasteiger partial charge < -0.3 is 15.5 Å². The molecule has 2 fully saturated rings. The number of anilines is 2. The highest BCUT2D eigenvalue weighted by atomic mass is 32.2. The summed E-state index contributed by atoms with van der Waals surface area (Å²) >= 11 is 0. The van der Waals surface area contributed by atoms with E-state index in [0.717, 1.165) is 55.5 Å². The number of halogens is 2. The van der Waals surface area contributed by atoms with E-state index < -0.39 is 10.0 Å². The number of nitrogens with zero attached hydrogens (tertiary/aromatic N) is 6. The van der Waals surface area contributed by atoms with E-state index in [4.69, 9.17) is 5.73 Å². The third-order valence-corrected chi connectivity index (χ3v) is 7.98. The average Bonchev–Trinajstić information content (AvgIpc) is 3.61. The fourth-order valence-electron chi connectivity index (χ4n) is 5.21. The van der Waals surface area contributed by atoms with Crippen molar-refractivity contribution in [2.24, 2.45) is 17.6 Å². The predicted octanol–water partition coefficient (Wildman–Crippen LogP) is 2.70. The lowest BCUT2D eigenvalue weighted by Gasteiger charge is -2.19. The summed E-state index contributed by atoms with van der Waals surface area (Å²) in [6, 6.07) is 9.06. The van der Waals surface area contributed by atoms with E-state index in [1.807, 2.05) is 0 Å². The van der Waals surface area contributed by atoms with Gasteiger partial charge in [-0.2, -0.15) is 0 Å². The van der Waals surface area contributed by atoms with Crippen LogP contribution in [0.25, 0.3) is 21.8 Å². The molecule has 13 heteroatoms. The van der Waals surface area contributed by atoms with Crippen LogP contribution < -0.4 is 20.3 Å². The van der Waals surface area contributed by atoms with Crippen LogP contribution in [0.1, 0.15) is 12.8 Å². The fraction of sp³-hybridized carbons (Fsp3) is 0.407. The standard InChI is InChI=1S/C14H17FN4O2S.C13H15FN4/c1-22(20,21)18-7-10-4-5-19(8-10)14-12-6-11(15)2-3-13(12)16-9-17-14;14-10-1-2-12-11(5-10)13(17-8-16-12)18-4-3-9(6-15)7-18/h2-3,6,9-10,18H,4-5,7-8H2,1H3;1-2,5,8-9H,3-4,6-7,15H2. The molecule has 2 aromatic heterocycles. The Morgan fingerprint density at radius 2 is 1.35 bits per heavy atom. The van der Waals surface area contributed by atoms with Crippen LogP contribution in [0, 0.1) is 23.5 Å². The topological polar surface area (TPSA) is 130 Å². The maximum atomic E-state index is 13.5. The second kappa shape index (κ2) is 11.9. The lowest BCUT2D eigenvalue weighted by molar-refractivity contribution is 0.545. The van der Waals surface area contributed by atoms with Crippen molar-refractivity contribution in [1.29, 1.82) is 0 Å². The third kappa shape index (κ3) is 6.60. The molecule has 2 aromatic carbocycles. The largest absolute Gasteiger partial charge is 0.356 e. The first-order chi connectivity index (χ1) is 19.2. The van der Waals surface area contributed by atoms with Gasteiger partial charge in [0, 0.05) is 43.5 Å². The first kappa shape index (κ1) is 28.0. The van der Waals surface area contributed by atoms with Gasteiger partial charge in [0.25, 0.3) is 0 Å². The molecule has 2 atom stereocenters. The molecule has 0 radical (unpaired) electrons. The normalized spacial score (nSPS) is 19.3. The highest BCUT2D eigenvalue weighted by molar-refractivity contribution is 7.88. The number of nitrogens with two attached hydrogens (primary N) is 1. The first-order valence-corrected chi connectivity index (χ1v) is 15.0. The number of benzene rings is 2. The molecule has 3 N–H and O–H groups in total. The number of hydrogen-bond acceptors (Lipinski definition) is 9. The molecular formula is C27H32F2N8O2S. The monoisotopic (exact) mass is 570 g/mol. The second-order valence-electron chi connectivity index (χ2n) is 10.3. The summed E-state index contributed by atoms with van der Waals surface area (Å²) in [6.45, 7) is 4.36. The second-order valence-corrected chi connectivity index (χ2v) is 12.1. The van der Waals surface area contributed by atoms with E-state index in [2.05, 4.69) is 34.5 Å². The molecule has 0 bridgehead atoms. The van der Waals surface area contributed by atoms with Crippen LogP contribution in [0.4, 0.5) is 20.4 Å². The molecule has 212 valence electrons. The summed E-state index contributed by atoms with van der Waals surface area (Å²) in [6.07, 6.45) is 6.09. The van der Waals surface area contributed by atoms with Crippen molar-refractivity contribution in [2.45, 2.75) is 12.8 Å². The molecule has 0 amide bonds. The van der Waals surface area contributed by atoms with Crippen LogP contribution in [-0.4, -0.2) is 73.9 Å². The van der Waals surface area contributed by atoms with E-state index in [9.17, 15) is 17.2 Å². The zero-order chi connectivity index (χ0) is 28.3. The molecule has 2 saturated heterocycles. The fourth-order valence-corrected chi connectivity index (χ4v) is 5.75. The van der Waals surface area contributed by atoms with Gasteiger partial charge in [-0.3, -0.25) is 0 Å². The predicted molar refractivity (Wildman–Crippen MR) is 152 cm³/mol. The van der Waals surface area contributed by atoms with E-state index in [1.54, 1.807) is 12.1 Å². The number of nitrogens with one attached hydrogen (secondary N) is 1. The maximum absolute atomic E-state index is 13.5. The summed E-state index contributed by atoms with van der Waals surface area (Å²) in [5.41, 5.74) is 7.17. The highest BCUT2D eigenvalue weighted by Gasteiger charge is 2.26. The van der Waals surface area contributed by atoms with Crippen molar-refractivity contribution in [2.75, 3.05) is 55.3 Å². The Labute approximate surface area is 231 Å². The Hall–Kier alpha value is -3.55. The van der Waals surface area contributed by atoms with Crippen molar-refractivity contribution in [3.63, 3.8) is 0 Å². The Bertz CT molecular complexity index is 1610. The quantitative estimate of drug-likeness (QED) is 0.359. The maximum Gasteiger partial charge on any atom is 0.208 e. The highest BCUT2D eigenvalue weighted by Crippen LogP contribution is 2.29. The Balaban J connectivity index is 0.000000164. The van der Waals surface area contributed by atoms with Gasteiger partial charge in [-0.1, -0.05) is 0 Å². The Morgan fingerprint density at radius 1 is 0.850 bits per heavy atom. The molecule has 0 spiro atoms. The van der Waals surface area contributed by atoms with Crippen LogP contribution in [0.15, 0.2) is 49.1 Å². The van der Waals surface area contributed by atoms with E-state index in [1.165, 1.54) is 36.9 Å². The van der Waals surface area contributed by atoms with Crippen molar-refractivity contribution < 1.29 is 17.2 Å². The van der Waals surface area contributed by atoms with Gasteiger partial charge in [0.05, 0.1) is 17.3 Å². The molecule has 2 unspecified atom stereocenters. The molecule has 4 heterocycles. The summed E-state index contributed by atoms with van der Waals surface area (Å²) in [5.74, 6) is 1.66. The van der Waals surface area contributed by atoms with E-state index >= 15 is 0 Å². The first-order valence-electron chi connectivity index (χ1n) is 13.2. The zero-order valence-corrected chi connectivity index (χ0v) is 23.0. The van der Waals surface area contributed by atoms with Crippen molar-refractivity contribution >= 4 is 43.5 Å². The molecule has 0 aliphatic carbocycles. The average molecular weight is 571 g/mol. The van der Waals surface area contributed by atoms with Crippen LogP contribution >= 0.6 is 0 Å². The summed E-state index contributed by atoms with van der Waals surface area (Å²) in [4.78, 5) is 21.1. The summed E-state index contributed by atoms with van der Waals surface area (Å²) in [5, 5.41) is 1.45. The Morgan fingerprint density at radius 3 is 1.82 bits per heavy atom. The van der Waals surface area contributed by atoms with Crippen LogP contribution in [-0.2, 0) is 10.0 Å². The van der Waals surface area contributed by atoms with E-state index in [-0.39, 0.29) is 17.6 Å². The lowest BCUT2D eigenvalue weighted by Crippen LogP contribution is -2.30. The number of hydrogen-bond donors (Lipinski definition) is 2. The van der Waals surface area contributed by atoms with Gasteiger partial charge in [-0.05, 0) is 67.6 Å². The molecular weight excluding hydrogens is 538 g/mol. The lowest BCUT2D eigenvalue weighted by atomic mass is 10.1. The molecule has 40 heavy (non-hydrogen) atoms.